The number of hydrogen-bond donors (Lipinski definition) is 2. The Kier molecular flexibility index (Phi) is 8.64. The number of aromatic nitrogens is 2. The molecule has 3 amide bonds. The van der Waals surface area contributed by atoms with Gasteiger partial charge < -0.3 is 20.3 Å². The summed E-state index contributed by atoms with van der Waals surface area (Å²) in [5.41, 5.74) is 2.27. The Morgan fingerprint density at radius 1 is 1.09 bits per heavy atom. The van der Waals surface area contributed by atoms with Gasteiger partial charge in [-0.05, 0) is 81.7 Å². The Morgan fingerprint density at radius 3 is 2.42 bits per heavy atom. The summed E-state index contributed by atoms with van der Waals surface area (Å²) in [5.74, 6) is -3.63. The Morgan fingerprint density at radius 2 is 1.81 bits per heavy atom. The van der Waals surface area contributed by atoms with E-state index >= 15 is 4.39 Å². The van der Waals surface area contributed by atoms with Gasteiger partial charge in [0.1, 0.15) is 17.6 Å². The van der Waals surface area contributed by atoms with E-state index in [1.807, 2.05) is 13.8 Å². The molecule has 0 bridgehead atoms. The summed E-state index contributed by atoms with van der Waals surface area (Å²) < 4.78 is 62.3. The van der Waals surface area contributed by atoms with Crippen molar-refractivity contribution in [1.29, 1.82) is 0 Å². The van der Waals surface area contributed by atoms with Crippen molar-refractivity contribution in [3.8, 4) is 0 Å². The molecule has 9 nitrogen and oxygen atoms in total. The van der Waals surface area contributed by atoms with Crippen molar-refractivity contribution >= 4 is 23.4 Å². The third-order valence-corrected chi connectivity index (χ3v) is 8.08. The van der Waals surface area contributed by atoms with Gasteiger partial charge in [0.15, 0.2) is 6.04 Å². The third-order valence-electron chi connectivity index (χ3n) is 8.08. The van der Waals surface area contributed by atoms with Crippen molar-refractivity contribution in [3.63, 3.8) is 0 Å². The molecule has 2 saturated carbocycles. The molecule has 1 aliphatic heterocycles. The van der Waals surface area contributed by atoms with Crippen molar-refractivity contribution < 1.29 is 36.7 Å². The number of benzene rings is 1. The van der Waals surface area contributed by atoms with Gasteiger partial charge in [0.25, 0.3) is 11.8 Å². The van der Waals surface area contributed by atoms with Crippen LogP contribution < -0.4 is 10.6 Å². The van der Waals surface area contributed by atoms with Crippen LogP contribution in [0.2, 0.25) is 0 Å². The summed E-state index contributed by atoms with van der Waals surface area (Å²) in [4.78, 5) is 40.7. The second kappa shape index (κ2) is 12.1. The highest BCUT2D eigenvalue weighted by molar-refractivity contribution is 6.02. The average Bonchev–Trinajstić information content (AvgIpc) is 3.91. The van der Waals surface area contributed by atoms with Crippen LogP contribution in [0.4, 0.5) is 23.2 Å². The van der Waals surface area contributed by atoms with Crippen molar-refractivity contribution in [2.45, 2.75) is 76.7 Å². The van der Waals surface area contributed by atoms with Crippen molar-refractivity contribution in [2.75, 3.05) is 25.1 Å². The van der Waals surface area contributed by atoms with Crippen LogP contribution >= 0.6 is 0 Å². The zero-order valence-corrected chi connectivity index (χ0v) is 24.2. The quantitative estimate of drug-likeness (QED) is 0.318. The topological polar surface area (TPSA) is 106 Å². The molecule has 1 saturated heterocycles. The highest BCUT2D eigenvalue weighted by Crippen LogP contribution is 2.46. The zero-order valence-electron chi connectivity index (χ0n) is 24.2. The minimum absolute atomic E-state index is 0.0269. The maximum absolute atomic E-state index is 15.3. The van der Waals surface area contributed by atoms with E-state index in [9.17, 15) is 27.6 Å². The number of alkyl halides is 3. The highest BCUT2D eigenvalue weighted by Gasteiger charge is 2.48. The molecule has 2 aromatic rings. The van der Waals surface area contributed by atoms with Gasteiger partial charge in [-0.3, -0.25) is 19.1 Å². The van der Waals surface area contributed by atoms with Crippen LogP contribution in [0.25, 0.3) is 0 Å². The third kappa shape index (κ3) is 6.76. The molecule has 3 aliphatic rings. The smallest absolute Gasteiger partial charge is 0.377 e. The van der Waals surface area contributed by atoms with E-state index in [1.165, 1.54) is 25.3 Å². The summed E-state index contributed by atoms with van der Waals surface area (Å²) in [6.45, 7) is 4.26. The minimum Gasteiger partial charge on any atom is -0.377 e. The fraction of sp³-hybridized carbons (Fsp3) is 0.533. The summed E-state index contributed by atoms with van der Waals surface area (Å²) >= 11 is 0. The second-order valence-electron chi connectivity index (χ2n) is 11.6. The summed E-state index contributed by atoms with van der Waals surface area (Å²) in [6, 6.07) is 2.11. The Balaban J connectivity index is 1.34. The van der Waals surface area contributed by atoms with E-state index in [0.29, 0.717) is 5.69 Å². The first-order valence-corrected chi connectivity index (χ1v) is 14.5. The zero-order chi connectivity index (χ0) is 31.1. The van der Waals surface area contributed by atoms with E-state index in [4.69, 9.17) is 4.74 Å². The van der Waals surface area contributed by atoms with Crippen LogP contribution in [0, 0.1) is 11.7 Å². The van der Waals surface area contributed by atoms with Crippen LogP contribution in [0.1, 0.15) is 74.5 Å². The lowest BCUT2D eigenvalue weighted by molar-refractivity contribution is -0.213. The number of nitrogens with one attached hydrogen (secondary N) is 2. The summed E-state index contributed by atoms with van der Waals surface area (Å²) in [7, 11) is 0. The molecule has 1 aromatic heterocycles. The van der Waals surface area contributed by atoms with Crippen LogP contribution in [0.3, 0.4) is 0 Å². The number of rotatable bonds is 9. The van der Waals surface area contributed by atoms with Gasteiger partial charge in [-0.25, -0.2) is 4.39 Å². The van der Waals surface area contributed by atoms with Crippen molar-refractivity contribution in [1.82, 2.24) is 20.0 Å². The maximum atomic E-state index is 15.3. The predicted molar refractivity (Wildman–Crippen MR) is 149 cm³/mol. The van der Waals surface area contributed by atoms with Gasteiger partial charge in [-0.15, -0.1) is 0 Å². The number of anilines is 1. The Bertz CT molecular complexity index is 1430. The number of carbonyl (C=O) groups is 3. The molecule has 43 heavy (non-hydrogen) atoms. The number of allylic oxidation sites excluding steroid dienone is 1. The molecular weight excluding hydrogens is 570 g/mol. The van der Waals surface area contributed by atoms with E-state index in [1.54, 1.807) is 10.7 Å². The lowest BCUT2D eigenvalue weighted by Gasteiger charge is -2.38. The number of morpholine rings is 1. The SMILES string of the molecule is CC(C)n1nccc1C(=O)N[C@H](C(=O)Nc1ccc([C@H](C)C(=O)N2CCOC[C@H]2C(F)(F)F)cc1F)C(=C1CC1)C1CC1. The summed E-state index contributed by atoms with van der Waals surface area (Å²) in [5, 5.41) is 9.63. The average molecular weight is 606 g/mol. The van der Waals surface area contributed by atoms with Gasteiger partial charge in [-0.2, -0.15) is 18.3 Å². The molecule has 2 N–H and O–H groups in total. The number of nitrogens with zero attached hydrogens (tertiary/aromatic N) is 3. The molecule has 0 unspecified atom stereocenters. The van der Waals surface area contributed by atoms with Crippen LogP contribution in [-0.2, 0) is 14.3 Å². The Hall–Kier alpha value is -3.74. The van der Waals surface area contributed by atoms with Gasteiger partial charge in [-0.1, -0.05) is 11.6 Å². The highest BCUT2D eigenvalue weighted by atomic mass is 19.4. The fourth-order valence-corrected chi connectivity index (χ4v) is 5.51. The van der Waals surface area contributed by atoms with Gasteiger partial charge >= 0.3 is 6.18 Å². The first-order valence-electron chi connectivity index (χ1n) is 14.5. The first-order chi connectivity index (χ1) is 20.4. The molecule has 3 atom stereocenters. The molecule has 5 rings (SSSR count). The Labute approximate surface area is 246 Å². The predicted octanol–water partition coefficient (Wildman–Crippen LogP) is 4.73. The number of hydrogen-bond acceptors (Lipinski definition) is 5. The van der Waals surface area contributed by atoms with Crippen molar-refractivity contribution in [3.05, 3.63) is 58.7 Å². The van der Waals surface area contributed by atoms with E-state index < -0.39 is 54.3 Å². The normalized spacial score (nSPS) is 20.0. The molecular formula is C30H35F4N5O4. The van der Waals surface area contributed by atoms with Gasteiger partial charge in [0.2, 0.25) is 5.91 Å². The van der Waals surface area contributed by atoms with Crippen LogP contribution in [0.5, 0.6) is 0 Å². The van der Waals surface area contributed by atoms with E-state index in [-0.39, 0.29) is 36.4 Å². The molecule has 13 heteroatoms. The van der Waals surface area contributed by atoms with Crippen LogP contribution in [-0.4, -0.2) is 70.4 Å². The molecule has 0 radical (unpaired) electrons. The lowest BCUT2D eigenvalue weighted by Crippen LogP contribution is -2.56. The maximum Gasteiger partial charge on any atom is 0.411 e. The minimum atomic E-state index is -4.66. The summed E-state index contributed by atoms with van der Waals surface area (Å²) in [6.07, 6.45) is 0.317. The van der Waals surface area contributed by atoms with Gasteiger partial charge in [0, 0.05) is 18.8 Å². The molecule has 2 aliphatic carbocycles. The molecule has 2 heterocycles. The molecule has 1 aromatic carbocycles. The number of ether oxygens (including phenoxy) is 1. The molecule has 232 valence electrons. The molecule has 3 fully saturated rings. The van der Waals surface area contributed by atoms with E-state index in [0.717, 1.165) is 47.8 Å². The van der Waals surface area contributed by atoms with E-state index in [2.05, 4.69) is 15.7 Å². The lowest BCUT2D eigenvalue weighted by atomic mass is 9.97. The number of amides is 3. The molecule has 0 spiro atoms. The fourth-order valence-electron chi connectivity index (χ4n) is 5.51. The van der Waals surface area contributed by atoms with Crippen molar-refractivity contribution in [2.24, 2.45) is 5.92 Å². The van der Waals surface area contributed by atoms with Gasteiger partial charge in [0.05, 0.1) is 24.8 Å². The standard InChI is InChI=1S/C30H35F4N5O4/c1-16(2)39-23(10-11-35-39)27(40)37-26(25(18-4-5-18)19-6-7-19)28(41)36-22-9-8-20(14-21(22)31)17(3)29(42)38-12-13-43-15-24(38)30(32,33)34/h8-11,14,16-18,24,26H,4-7,12-13,15H2,1-3H3,(H,36,41)(H,37,40)/t17-,24-,26-/m0/s1. The first kappa shape index (κ1) is 30.7. The number of halogens is 4. The largest absolute Gasteiger partial charge is 0.411 e. The number of carbonyl (C=O) groups excluding carboxylic acids is 3. The van der Waals surface area contributed by atoms with Crippen LogP contribution in [0.15, 0.2) is 41.6 Å². The monoisotopic (exact) mass is 605 g/mol. The second-order valence-corrected chi connectivity index (χ2v) is 11.6.